The molecule has 0 saturated heterocycles. The average Bonchev–Trinajstić information content (AvgIpc) is 2.42. The first-order chi connectivity index (χ1) is 9.22. The summed E-state index contributed by atoms with van der Waals surface area (Å²) in [5.74, 6) is 0.930. The largest absolute Gasteiger partial charge is 0.496 e. The van der Waals surface area contributed by atoms with Crippen molar-refractivity contribution in [1.82, 2.24) is 5.32 Å². The number of aryl methyl sites for hydroxylation is 1. The van der Waals surface area contributed by atoms with E-state index in [1.54, 1.807) is 7.11 Å². The van der Waals surface area contributed by atoms with Crippen LogP contribution in [-0.2, 0) is 4.74 Å². The van der Waals surface area contributed by atoms with Gasteiger partial charge in [0.25, 0.3) is 0 Å². The van der Waals surface area contributed by atoms with E-state index in [0.29, 0.717) is 6.61 Å². The Labute approximate surface area is 117 Å². The summed E-state index contributed by atoms with van der Waals surface area (Å²) in [6, 6.07) is 6.49. The van der Waals surface area contributed by atoms with Crippen molar-refractivity contribution in [3.05, 3.63) is 29.3 Å². The number of hydrogen-bond donors (Lipinski definition) is 1. The van der Waals surface area contributed by atoms with Gasteiger partial charge in [-0.25, -0.2) is 0 Å². The van der Waals surface area contributed by atoms with Gasteiger partial charge in [-0.1, -0.05) is 31.5 Å². The van der Waals surface area contributed by atoms with Gasteiger partial charge in [0, 0.05) is 12.2 Å². The van der Waals surface area contributed by atoms with Crippen molar-refractivity contribution in [2.45, 2.75) is 39.7 Å². The molecule has 1 rings (SSSR count). The second-order valence-corrected chi connectivity index (χ2v) is 4.83. The van der Waals surface area contributed by atoms with Gasteiger partial charge in [0.05, 0.1) is 19.8 Å². The topological polar surface area (TPSA) is 30.5 Å². The van der Waals surface area contributed by atoms with Crippen molar-refractivity contribution in [3.8, 4) is 5.75 Å². The van der Waals surface area contributed by atoms with Crippen molar-refractivity contribution >= 4 is 0 Å². The number of ether oxygens (including phenoxy) is 2. The van der Waals surface area contributed by atoms with E-state index in [9.17, 15) is 0 Å². The van der Waals surface area contributed by atoms with Crippen molar-refractivity contribution in [2.75, 3.05) is 26.9 Å². The predicted octanol–water partition coefficient (Wildman–Crippen LogP) is 3.47. The molecule has 0 radical (unpaired) electrons. The summed E-state index contributed by atoms with van der Waals surface area (Å²) in [5, 5.41) is 3.54. The molecule has 1 atom stereocenters. The zero-order chi connectivity index (χ0) is 14.1. The summed E-state index contributed by atoms with van der Waals surface area (Å²) in [4.78, 5) is 0. The normalized spacial score (nSPS) is 12.4. The van der Waals surface area contributed by atoms with Crippen LogP contribution in [0, 0.1) is 6.92 Å². The number of rotatable bonds is 9. The predicted molar refractivity (Wildman–Crippen MR) is 79.9 cm³/mol. The zero-order valence-electron chi connectivity index (χ0n) is 12.7. The van der Waals surface area contributed by atoms with Gasteiger partial charge in [0.2, 0.25) is 0 Å². The van der Waals surface area contributed by atoms with Gasteiger partial charge in [0.1, 0.15) is 5.75 Å². The molecule has 1 unspecified atom stereocenters. The van der Waals surface area contributed by atoms with E-state index in [2.05, 4.69) is 38.2 Å². The summed E-state index contributed by atoms with van der Waals surface area (Å²) in [5.41, 5.74) is 2.43. The third kappa shape index (κ3) is 5.21. The lowest BCUT2D eigenvalue weighted by Gasteiger charge is -2.21. The summed E-state index contributed by atoms with van der Waals surface area (Å²) >= 11 is 0. The van der Waals surface area contributed by atoms with Crippen molar-refractivity contribution < 1.29 is 9.47 Å². The Morgan fingerprint density at radius 2 is 2.00 bits per heavy atom. The Balaban J connectivity index is 2.84. The minimum Gasteiger partial charge on any atom is -0.496 e. The zero-order valence-corrected chi connectivity index (χ0v) is 12.7. The molecule has 3 heteroatoms. The fraction of sp³-hybridized carbons (Fsp3) is 0.625. The molecule has 0 aliphatic carbocycles. The summed E-state index contributed by atoms with van der Waals surface area (Å²) < 4.78 is 11.2. The molecule has 0 amide bonds. The smallest absolute Gasteiger partial charge is 0.123 e. The lowest BCUT2D eigenvalue weighted by molar-refractivity contribution is 0.111. The first-order valence-electron chi connectivity index (χ1n) is 7.18. The third-order valence-electron chi connectivity index (χ3n) is 3.03. The number of benzene rings is 1. The van der Waals surface area contributed by atoms with E-state index in [-0.39, 0.29) is 6.04 Å². The van der Waals surface area contributed by atoms with Crippen LogP contribution in [0.25, 0.3) is 0 Å². The minimum absolute atomic E-state index is 0.196. The Morgan fingerprint density at radius 3 is 2.63 bits per heavy atom. The van der Waals surface area contributed by atoms with Crippen LogP contribution in [0.1, 0.15) is 43.9 Å². The molecular weight excluding hydrogens is 238 g/mol. The molecule has 3 nitrogen and oxygen atoms in total. The van der Waals surface area contributed by atoms with Gasteiger partial charge in [0.15, 0.2) is 0 Å². The molecular formula is C16H27NO2. The molecule has 0 aliphatic rings. The first-order valence-corrected chi connectivity index (χ1v) is 7.18. The van der Waals surface area contributed by atoms with E-state index in [1.807, 2.05) is 6.07 Å². The molecule has 108 valence electrons. The SMILES string of the molecule is CCCNC(COCCC)c1cc(C)ccc1OC. The molecule has 0 aliphatic heterocycles. The Morgan fingerprint density at radius 1 is 1.21 bits per heavy atom. The number of hydrogen-bond acceptors (Lipinski definition) is 3. The lowest BCUT2D eigenvalue weighted by atomic mass is 10.0. The molecule has 0 aromatic heterocycles. The fourth-order valence-corrected chi connectivity index (χ4v) is 2.05. The van der Waals surface area contributed by atoms with Crippen molar-refractivity contribution in [1.29, 1.82) is 0 Å². The van der Waals surface area contributed by atoms with Crippen LogP contribution in [-0.4, -0.2) is 26.9 Å². The van der Waals surface area contributed by atoms with Crippen molar-refractivity contribution in [3.63, 3.8) is 0 Å². The van der Waals surface area contributed by atoms with E-state index in [1.165, 1.54) is 11.1 Å². The molecule has 0 heterocycles. The van der Waals surface area contributed by atoms with Gasteiger partial charge < -0.3 is 14.8 Å². The maximum atomic E-state index is 5.72. The quantitative estimate of drug-likeness (QED) is 0.693. The van der Waals surface area contributed by atoms with Crippen LogP contribution >= 0.6 is 0 Å². The van der Waals surface area contributed by atoms with Crippen LogP contribution in [0.5, 0.6) is 5.75 Å². The number of nitrogens with one attached hydrogen (secondary N) is 1. The average molecular weight is 265 g/mol. The molecule has 0 spiro atoms. The molecule has 0 bridgehead atoms. The van der Waals surface area contributed by atoms with Crippen LogP contribution in [0.2, 0.25) is 0 Å². The molecule has 1 N–H and O–H groups in total. The van der Waals surface area contributed by atoms with Crippen molar-refractivity contribution in [2.24, 2.45) is 0 Å². The Hall–Kier alpha value is -1.06. The molecule has 1 aromatic carbocycles. The van der Waals surface area contributed by atoms with E-state index in [0.717, 1.165) is 31.7 Å². The lowest BCUT2D eigenvalue weighted by Crippen LogP contribution is -2.27. The molecule has 1 aromatic rings. The number of methoxy groups -OCH3 is 1. The van der Waals surface area contributed by atoms with Gasteiger partial charge in [-0.2, -0.15) is 0 Å². The minimum atomic E-state index is 0.196. The van der Waals surface area contributed by atoms with E-state index in [4.69, 9.17) is 9.47 Å². The van der Waals surface area contributed by atoms with Crippen LogP contribution in [0.4, 0.5) is 0 Å². The Bertz CT molecular complexity index is 366. The van der Waals surface area contributed by atoms with E-state index < -0.39 is 0 Å². The van der Waals surface area contributed by atoms with Crippen LogP contribution in [0.3, 0.4) is 0 Å². The molecule has 0 fully saturated rings. The standard InChI is InChI=1S/C16H27NO2/c1-5-9-17-15(12-19-10-6-2)14-11-13(3)7-8-16(14)18-4/h7-8,11,15,17H,5-6,9-10,12H2,1-4H3. The van der Waals surface area contributed by atoms with Crippen LogP contribution < -0.4 is 10.1 Å². The van der Waals surface area contributed by atoms with E-state index >= 15 is 0 Å². The van der Waals surface area contributed by atoms with Gasteiger partial charge in [-0.3, -0.25) is 0 Å². The highest BCUT2D eigenvalue weighted by Gasteiger charge is 2.15. The highest BCUT2D eigenvalue weighted by atomic mass is 16.5. The van der Waals surface area contributed by atoms with Gasteiger partial charge in [-0.15, -0.1) is 0 Å². The highest BCUT2D eigenvalue weighted by molar-refractivity contribution is 5.39. The van der Waals surface area contributed by atoms with Gasteiger partial charge >= 0.3 is 0 Å². The maximum absolute atomic E-state index is 5.72. The van der Waals surface area contributed by atoms with Crippen LogP contribution in [0.15, 0.2) is 18.2 Å². The van der Waals surface area contributed by atoms with Gasteiger partial charge in [-0.05, 0) is 32.4 Å². The highest BCUT2D eigenvalue weighted by Crippen LogP contribution is 2.26. The summed E-state index contributed by atoms with van der Waals surface area (Å²) in [6.07, 6.45) is 2.16. The summed E-state index contributed by atoms with van der Waals surface area (Å²) in [6.45, 7) is 8.88. The molecule has 19 heavy (non-hydrogen) atoms. The monoisotopic (exact) mass is 265 g/mol. The second kappa shape index (κ2) is 8.94. The molecule has 0 saturated carbocycles. The third-order valence-corrected chi connectivity index (χ3v) is 3.03. The summed E-state index contributed by atoms with van der Waals surface area (Å²) in [7, 11) is 1.72. The second-order valence-electron chi connectivity index (χ2n) is 4.83. The Kier molecular flexibility index (Phi) is 7.53. The maximum Gasteiger partial charge on any atom is 0.123 e. The first kappa shape index (κ1) is 16.0. The fourth-order valence-electron chi connectivity index (χ4n) is 2.05.